The lowest BCUT2D eigenvalue weighted by Crippen LogP contribution is -2.47. The highest BCUT2D eigenvalue weighted by Crippen LogP contribution is 2.40. The number of ether oxygens (including phenoxy) is 5. The fourth-order valence-electron chi connectivity index (χ4n) is 5.55. The lowest BCUT2D eigenvalue weighted by Gasteiger charge is -2.34. The zero-order valence-electron chi connectivity index (χ0n) is 24.5. The van der Waals surface area contributed by atoms with Crippen LogP contribution in [0.25, 0.3) is 0 Å². The fourth-order valence-corrected chi connectivity index (χ4v) is 5.55. The number of carbonyl (C=O) groups excluding carboxylic acids is 3. The maximum atomic E-state index is 12.5. The molecule has 11 heteroatoms. The smallest absolute Gasteiger partial charge is 0.410 e. The Bertz CT molecular complexity index is 1040. The number of esters is 1. The lowest BCUT2D eigenvalue weighted by atomic mass is 9.92. The molecule has 0 aliphatic carbocycles. The average Bonchev–Trinajstić information content (AvgIpc) is 3.55. The van der Waals surface area contributed by atoms with Crippen LogP contribution in [0.1, 0.15) is 52.9 Å². The molecule has 1 unspecified atom stereocenters. The number of hydrogen-bond donors (Lipinski definition) is 2. The van der Waals surface area contributed by atoms with Gasteiger partial charge in [-0.25, -0.2) is 4.79 Å². The van der Waals surface area contributed by atoms with Crippen molar-refractivity contribution >= 4 is 18.0 Å². The summed E-state index contributed by atoms with van der Waals surface area (Å²) in [5, 5.41) is 13.5. The third kappa shape index (κ3) is 8.41. The molecule has 0 aromatic carbocycles. The Hall–Kier alpha value is -2.73. The van der Waals surface area contributed by atoms with E-state index in [1.807, 2.05) is 26.0 Å². The molecule has 4 saturated heterocycles. The monoisotopic (exact) mass is 576 g/mol. The van der Waals surface area contributed by atoms with E-state index in [0.29, 0.717) is 26.2 Å². The summed E-state index contributed by atoms with van der Waals surface area (Å²) >= 11 is 0. The van der Waals surface area contributed by atoms with E-state index in [-0.39, 0.29) is 48.7 Å². The quantitative estimate of drug-likeness (QED) is 0.184. The van der Waals surface area contributed by atoms with Crippen molar-refractivity contribution in [2.45, 2.75) is 95.0 Å². The van der Waals surface area contributed by atoms with Crippen molar-refractivity contribution in [1.82, 2.24) is 10.2 Å². The molecule has 4 aliphatic rings. The maximum Gasteiger partial charge on any atom is 0.410 e. The summed E-state index contributed by atoms with van der Waals surface area (Å²) in [6.45, 7) is 7.53. The molecule has 0 radical (unpaired) electrons. The maximum absolute atomic E-state index is 12.5. The largest absolute Gasteiger partial charge is 0.469 e. The number of carbonyl (C=O) groups is 3. The molecule has 4 aliphatic heterocycles. The van der Waals surface area contributed by atoms with Crippen LogP contribution in [-0.2, 0) is 33.3 Å². The number of nitrogens with zero attached hydrogens (tertiary/aromatic N) is 1. The molecule has 8 atom stereocenters. The number of hydrogen-bond acceptors (Lipinski definition) is 9. The second-order valence-corrected chi connectivity index (χ2v) is 11.5. The summed E-state index contributed by atoms with van der Waals surface area (Å²) in [6, 6.07) is -0.118. The van der Waals surface area contributed by atoms with E-state index in [1.165, 1.54) is 24.2 Å². The molecular weight excluding hydrogens is 532 g/mol. The Morgan fingerprint density at radius 3 is 2.71 bits per heavy atom. The number of amides is 2. The van der Waals surface area contributed by atoms with Crippen LogP contribution < -0.4 is 5.32 Å². The van der Waals surface area contributed by atoms with Crippen molar-refractivity contribution in [2.75, 3.05) is 33.4 Å². The van der Waals surface area contributed by atoms with E-state index < -0.39 is 23.9 Å². The van der Waals surface area contributed by atoms with Crippen LogP contribution in [0, 0.1) is 5.92 Å². The Labute approximate surface area is 241 Å². The second kappa shape index (κ2) is 14.0. The van der Waals surface area contributed by atoms with Gasteiger partial charge in [0.05, 0.1) is 44.5 Å². The van der Waals surface area contributed by atoms with Crippen LogP contribution in [0.2, 0.25) is 0 Å². The van der Waals surface area contributed by atoms with Gasteiger partial charge in [-0.1, -0.05) is 23.8 Å². The normalized spacial score (nSPS) is 34.7. The highest BCUT2D eigenvalue weighted by Gasteiger charge is 2.55. The van der Waals surface area contributed by atoms with E-state index >= 15 is 0 Å². The van der Waals surface area contributed by atoms with E-state index in [2.05, 4.69) is 11.4 Å². The van der Waals surface area contributed by atoms with Gasteiger partial charge in [0, 0.05) is 25.6 Å². The number of likely N-dealkylation sites (tertiary alicyclic amines) is 1. The second-order valence-electron chi connectivity index (χ2n) is 11.5. The summed E-state index contributed by atoms with van der Waals surface area (Å²) in [4.78, 5) is 38.0. The molecule has 1 spiro atoms. The Morgan fingerprint density at radius 2 is 2.00 bits per heavy atom. The molecule has 41 heavy (non-hydrogen) atoms. The van der Waals surface area contributed by atoms with E-state index in [9.17, 15) is 19.5 Å². The van der Waals surface area contributed by atoms with Crippen LogP contribution in [0.5, 0.6) is 0 Å². The Kier molecular flexibility index (Phi) is 10.6. The number of aliphatic hydroxyl groups excluding tert-OH is 1. The van der Waals surface area contributed by atoms with Crippen molar-refractivity contribution in [3.63, 3.8) is 0 Å². The number of aliphatic hydroxyl groups is 1. The van der Waals surface area contributed by atoms with Gasteiger partial charge in [-0.05, 0) is 52.5 Å². The Balaban J connectivity index is 1.14. The minimum atomic E-state index is -0.639. The molecule has 0 bridgehead atoms. The first kappa shape index (κ1) is 31.2. The molecule has 4 rings (SSSR count). The van der Waals surface area contributed by atoms with Gasteiger partial charge >= 0.3 is 12.1 Å². The SMILES string of the molecule is COC(=O)[C@H]1CCN(C(=O)O[C@@H](C)/C=C\C(=O)N[C@@H]2CC[C@H](C/C=C(C)/C=C/C3OCC[C@@]4(CO4)[C@@H]3O)O[C@@H]2C)C1. The molecule has 228 valence electrons. The number of allylic oxidation sites excluding steroid dienone is 2. The average molecular weight is 577 g/mol. The summed E-state index contributed by atoms with van der Waals surface area (Å²) in [6.07, 6.45) is 10.3. The third-order valence-electron chi connectivity index (χ3n) is 8.34. The zero-order valence-corrected chi connectivity index (χ0v) is 24.5. The first-order valence-electron chi connectivity index (χ1n) is 14.6. The van der Waals surface area contributed by atoms with E-state index in [4.69, 9.17) is 23.7 Å². The molecule has 0 aromatic rings. The van der Waals surface area contributed by atoms with Crippen LogP contribution in [0.3, 0.4) is 0 Å². The van der Waals surface area contributed by atoms with E-state index in [0.717, 1.165) is 31.3 Å². The number of methoxy groups -OCH3 is 1. The van der Waals surface area contributed by atoms with Crippen LogP contribution >= 0.6 is 0 Å². The molecule has 0 saturated carbocycles. The zero-order chi connectivity index (χ0) is 29.6. The molecular formula is C30H44N2O9. The number of rotatable bonds is 9. The standard InChI is InChI=1S/C30H44N2O9/c1-19(6-11-25-27(34)30(18-39-30)14-16-38-25)5-8-23-9-10-24(21(3)41-23)31-26(33)12-7-20(2)40-29(36)32-15-13-22(17-32)28(35)37-4/h5-7,11-12,20-25,27,34H,8-10,13-18H2,1-4H3,(H,31,33)/b11-6+,12-7-,19-5+/t20-,21+,22-,23-,24+,25?,27+,30+/m0/s1. The van der Waals surface area contributed by atoms with Crippen LogP contribution in [0.15, 0.2) is 36.0 Å². The summed E-state index contributed by atoms with van der Waals surface area (Å²) < 4.78 is 27.5. The fraction of sp³-hybridized carbons (Fsp3) is 0.700. The Morgan fingerprint density at radius 1 is 1.22 bits per heavy atom. The van der Waals surface area contributed by atoms with Gasteiger partial charge in [0.1, 0.15) is 23.9 Å². The summed E-state index contributed by atoms with van der Waals surface area (Å²) in [5.74, 6) is -0.933. The molecule has 2 N–H and O–H groups in total. The highest BCUT2D eigenvalue weighted by molar-refractivity contribution is 5.87. The predicted molar refractivity (Wildman–Crippen MR) is 149 cm³/mol. The van der Waals surface area contributed by atoms with Gasteiger partial charge in [0.25, 0.3) is 0 Å². The molecule has 11 nitrogen and oxygen atoms in total. The van der Waals surface area contributed by atoms with E-state index in [1.54, 1.807) is 6.92 Å². The summed E-state index contributed by atoms with van der Waals surface area (Å²) in [5.41, 5.74) is 0.659. The topological polar surface area (TPSA) is 136 Å². The number of nitrogens with one attached hydrogen (secondary N) is 1. The molecule has 4 fully saturated rings. The van der Waals surface area contributed by atoms with Gasteiger partial charge in [0.2, 0.25) is 5.91 Å². The summed E-state index contributed by atoms with van der Waals surface area (Å²) in [7, 11) is 1.33. The third-order valence-corrected chi connectivity index (χ3v) is 8.34. The molecule has 0 aromatic heterocycles. The van der Waals surface area contributed by atoms with Crippen LogP contribution in [0.4, 0.5) is 4.79 Å². The van der Waals surface area contributed by atoms with Crippen molar-refractivity contribution in [2.24, 2.45) is 5.92 Å². The van der Waals surface area contributed by atoms with Crippen molar-refractivity contribution in [3.8, 4) is 0 Å². The van der Waals surface area contributed by atoms with Gasteiger partial charge in [-0.3, -0.25) is 9.59 Å². The lowest BCUT2D eigenvalue weighted by molar-refractivity contribution is -0.144. The predicted octanol–water partition coefficient (Wildman–Crippen LogP) is 2.43. The van der Waals surface area contributed by atoms with Gasteiger partial charge < -0.3 is 39.0 Å². The van der Waals surface area contributed by atoms with Gasteiger partial charge in [-0.2, -0.15) is 0 Å². The van der Waals surface area contributed by atoms with Crippen LogP contribution in [-0.4, -0.2) is 104 Å². The van der Waals surface area contributed by atoms with Crippen molar-refractivity contribution in [3.05, 3.63) is 36.0 Å². The van der Waals surface area contributed by atoms with Gasteiger partial charge in [-0.15, -0.1) is 0 Å². The molecule has 2 amide bonds. The highest BCUT2D eigenvalue weighted by atomic mass is 16.6. The number of epoxide rings is 1. The molecule has 4 heterocycles. The minimum Gasteiger partial charge on any atom is -0.469 e. The van der Waals surface area contributed by atoms with Crippen molar-refractivity contribution < 1.29 is 43.2 Å². The first-order valence-corrected chi connectivity index (χ1v) is 14.6. The van der Waals surface area contributed by atoms with Crippen molar-refractivity contribution in [1.29, 1.82) is 0 Å². The first-order chi connectivity index (χ1) is 19.6. The van der Waals surface area contributed by atoms with Gasteiger partial charge in [0.15, 0.2) is 0 Å². The minimum absolute atomic E-state index is 0.0560.